The first-order chi connectivity index (χ1) is 8.76. The molecule has 2 heterocycles. The zero-order valence-corrected chi connectivity index (χ0v) is 10.6. The Balaban J connectivity index is 1.96. The second-order valence-corrected chi connectivity index (χ2v) is 4.45. The molecule has 0 saturated heterocycles. The molecule has 18 heavy (non-hydrogen) atoms. The monoisotopic (exact) mass is 241 g/mol. The van der Waals surface area contributed by atoms with Crippen molar-refractivity contribution in [3.8, 4) is 0 Å². The van der Waals surface area contributed by atoms with E-state index in [4.69, 9.17) is 4.42 Å². The van der Waals surface area contributed by atoms with Gasteiger partial charge in [0.2, 0.25) is 11.8 Å². The lowest BCUT2D eigenvalue weighted by Gasteiger charge is -2.02. The maximum absolute atomic E-state index is 5.54. The van der Waals surface area contributed by atoms with Gasteiger partial charge in [-0.25, -0.2) is 0 Å². The smallest absolute Gasteiger partial charge is 0.236 e. The van der Waals surface area contributed by atoms with E-state index in [9.17, 15) is 0 Å². The molecule has 0 spiro atoms. The molecule has 0 saturated carbocycles. The number of nitrogens with zero attached hydrogens (tertiary/aromatic N) is 3. The van der Waals surface area contributed by atoms with Crippen molar-refractivity contribution in [3.63, 3.8) is 0 Å². The van der Waals surface area contributed by atoms with E-state index in [0.717, 1.165) is 6.42 Å². The molecular weight excluding hydrogens is 226 g/mol. The Morgan fingerprint density at radius 3 is 2.78 bits per heavy atom. The van der Waals surface area contributed by atoms with Crippen LogP contribution in [0.25, 0.3) is 10.9 Å². The van der Waals surface area contributed by atoms with Gasteiger partial charge >= 0.3 is 0 Å². The van der Waals surface area contributed by atoms with E-state index in [1.807, 2.05) is 6.92 Å². The third-order valence-electron chi connectivity index (χ3n) is 3.05. The quantitative estimate of drug-likeness (QED) is 0.708. The summed E-state index contributed by atoms with van der Waals surface area (Å²) in [6.45, 7) is 4.73. The van der Waals surface area contributed by atoms with Crippen LogP contribution in [0.3, 0.4) is 0 Å². The molecular formula is C14H15N3O. The van der Waals surface area contributed by atoms with Crippen molar-refractivity contribution in [3.05, 3.63) is 47.8 Å². The van der Waals surface area contributed by atoms with Gasteiger partial charge in [0.1, 0.15) is 6.54 Å². The number of aryl methyl sites for hydroxylation is 2. The normalized spacial score (nSPS) is 11.2. The molecule has 0 N–H and O–H groups in total. The molecule has 0 atom stereocenters. The Morgan fingerprint density at radius 1 is 1.17 bits per heavy atom. The van der Waals surface area contributed by atoms with Crippen molar-refractivity contribution >= 4 is 10.9 Å². The van der Waals surface area contributed by atoms with Crippen LogP contribution in [-0.4, -0.2) is 14.8 Å². The Labute approximate surface area is 105 Å². The third-order valence-corrected chi connectivity index (χ3v) is 3.05. The largest absolute Gasteiger partial charge is 0.423 e. The van der Waals surface area contributed by atoms with Crippen LogP contribution in [-0.2, 0) is 13.0 Å². The summed E-state index contributed by atoms with van der Waals surface area (Å²) in [6, 6.07) is 8.53. The SMILES string of the molecule is CCc1nnc(Cn2ccc3ccc(C)cc32)o1. The summed E-state index contributed by atoms with van der Waals surface area (Å²) in [6.07, 6.45) is 2.83. The molecule has 0 aliphatic heterocycles. The molecule has 4 heteroatoms. The maximum atomic E-state index is 5.54. The van der Waals surface area contributed by atoms with Crippen LogP contribution in [0.5, 0.6) is 0 Å². The summed E-state index contributed by atoms with van der Waals surface area (Å²) >= 11 is 0. The number of hydrogen-bond acceptors (Lipinski definition) is 3. The van der Waals surface area contributed by atoms with Gasteiger partial charge in [-0.1, -0.05) is 19.1 Å². The lowest BCUT2D eigenvalue weighted by atomic mass is 10.2. The average molecular weight is 241 g/mol. The molecule has 92 valence electrons. The minimum absolute atomic E-state index is 0.625. The van der Waals surface area contributed by atoms with Gasteiger partial charge < -0.3 is 8.98 Å². The number of aromatic nitrogens is 3. The lowest BCUT2D eigenvalue weighted by molar-refractivity contribution is 0.444. The van der Waals surface area contributed by atoms with Crippen LogP contribution in [0.4, 0.5) is 0 Å². The standard InChI is InChI=1S/C14H15N3O/c1-3-13-15-16-14(18-13)9-17-7-6-11-5-4-10(2)8-12(11)17/h4-8H,3,9H2,1-2H3. The Kier molecular flexibility index (Phi) is 2.63. The molecule has 4 nitrogen and oxygen atoms in total. The second kappa shape index (κ2) is 4.29. The highest BCUT2D eigenvalue weighted by molar-refractivity contribution is 5.80. The fraction of sp³-hybridized carbons (Fsp3) is 0.286. The predicted molar refractivity (Wildman–Crippen MR) is 69.5 cm³/mol. The highest BCUT2D eigenvalue weighted by Crippen LogP contribution is 2.18. The molecule has 0 unspecified atom stereocenters. The predicted octanol–water partition coefficient (Wildman–Crippen LogP) is 2.94. The number of fused-ring (bicyclic) bond motifs is 1. The third kappa shape index (κ3) is 1.90. The Morgan fingerprint density at radius 2 is 2.00 bits per heavy atom. The van der Waals surface area contributed by atoms with Gasteiger partial charge in [0.25, 0.3) is 0 Å². The van der Waals surface area contributed by atoms with Crippen LogP contribution in [0.15, 0.2) is 34.9 Å². The van der Waals surface area contributed by atoms with Crippen LogP contribution >= 0.6 is 0 Å². The van der Waals surface area contributed by atoms with Crippen molar-refractivity contribution < 1.29 is 4.42 Å². The zero-order valence-electron chi connectivity index (χ0n) is 10.6. The molecule has 0 fully saturated rings. The molecule has 0 aliphatic rings. The zero-order chi connectivity index (χ0) is 12.5. The molecule has 0 amide bonds. The van der Waals surface area contributed by atoms with E-state index < -0.39 is 0 Å². The van der Waals surface area contributed by atoms with Crippen molar-refractivity contribution in [2.24, 2.45) is 0 Å². The highest BCUT2D eigenvalue weighted by Gasteiger charge is 2.07. The van der Waals surface area contributed by atoms with Crippen LogP contribution < -0.4 is 0 Å². The molecule has 3 rings (SSSR count). The van der Waals surface area contributed by atoms with Gasteiger partial charge in [0.15, 0.2) is 0 Å². The average Bonchev–Trinajstić information content (AvgIpc) is 2.97. The first kappa shape index (κ1) is 11.0. The first-order valence-electron chi connectivity index (χ1n) is 6.13. The summed E-state index contributed by atoms with van der Waals surface area (Å²) < 4.78 is 7.68. The van der Waals surface area contributed by atoms with Crippen molar-refractivity contribution in [1.82, 2.24) is 14.8 Å². The molecule has 2 aromatic heterocycles. The van der Waals surface area contributed by atoms with Gasteiger partial charge in [-0.2, -0.15) is 0 Å². The number of rotatable bonds is 3. The van der Waals surface area contributed by atoms with Gasteiger partial charge in [0.05, 0.1) is 0 Å². The van der Waals surface area contributed by atoms with Gasteiger partial charge in [-0.3, -0.25) is 0 Å². The Hall–Kier alpha value is -2.10. The van der Waals surface area contributed by atoms with Gasteiger partial charge in [-0.15, -0.1) is 10.2 Å². The van der Waals surface area contributed by atoms with E-state index in [-0.39, 0.29) is 0 Å². The highest BCUT2D eigenvalue weighted by atomic mass is 16.4. The number of hydrogen-bond donors (Lipinski definition) is 0. The summed E-state index contributed by atoms with van der Waals surface area (Å²) in [5, 5.41) is 9.27. The summed E-state index contributed by atoms with van der Waals surface area (Å²) in [7, 11) is 0. The fourth-order valence-corrected chi connectivity index (χ4v) is 2.07. The minimum Gasteiger partial charge on any atom is -0.423 e. The second-order valence-electron chi connectivity index (χ2n) is 4.45. The molecule has 3 aromatic rings. The van der Waals surface area contributed by atoms with Crippen molar-refractivity contribution in [1.29, 1.82) is 0 Å². The molecule has 1 aromatic carbocycles. The van der Waals surface area contributed by atoms with Crippen molar-refractivity contribution in [2.45, 2.75) is 26.8 Å². The van der Waals surface area contributed by atoms with Crippen LogP contribution in [0.2, 0.25) is 0 Å². The van der Waals surface area contributed by atoms with Crippen LogP contribution in [0, 0.1) is 6.92 Å². The summed E-state index contributed by atoms with van der Waals surface area (Å²) in [4.78, 5) is 0. The van der Waals surface area contributed by atoms with Gasteiger partial charge in [-0.05, 0) is 30.0 Å². The van der Waals surface area contributed by atoms with Crippen molar-refractivity contribution in [2.75, 3.05) is 0 Å². The minimum atomic E-state index is 0.625. The van der Waals surface area contributed by atoms with E-state index in [0.29, 0.717) is 18.3 Å². The molecule has 0 bridgehead atoms. The van der Waals surface area contributed by atoms with E-state index in [2.05, 4.69) is 52.2 Å². The fourth-order valence-electron chi connectivity index (χ4n) is 2.07. The van der Waals surface area contributed by atoms with Crippen LogP contribution in [0.1, 0.15) is 24.3 Å². The molecule has 0 aliphatic carbocycles. The number of benzene rings is 1. The molecule has 0 radical (unpaired) electrons. The van der Waals surface area contributed by atoms with E-state index in [1.54, 1.807) is 0 Å². The first-order valence-corrected chi connectivity index (χ1v) is 6.13. The Bertz CT molecular complexity index is 681. The van der Waals surface area contributed by atoms with E-state index >= 15 is 0 Å². The topological polar surface area (TPSA) is 43.9 Å². The van der Waals surface area contributed by atoms with Gasteiger partial charge in [0, 0.05) is 18.1 Å². The maximum Gasteiger partial charge on any atom is 0.236 e. The summed E-state index contributed by atoms with van der Waals surface area (Å²) in [5.74, 6) is 1.35. The lowest BCUT2D eigenvalue weighted by Crippen LogP contribution is -1.98. The van der Waals surface area contributed by atoms with E-state index in [1.165, 1.54) is 16.5 Å². The summed E-state index contributed by atoms with van der Waals surface area (Å²) in [5.41, 5.74) is 2.45.